The van der Waals surface area contributed by atoms with Gasteiger partial charge in [-0.1, -0.05) is 64.6 Å². The van der Waals surface area contributed by atoms with Gasteiger partial charge in [0.05, 0.1) is 11.8 Å². The van der Waals surface area contributed by atoms with Gasteiger partial charge in [-0.25, -0.2) is 0 Å². The van der Waals surface area contributed by atoms with Crippen LogP contribution in [0.5, 0.6) is 0 Å². The highest BCUT2D eigenvalue weighted by Gasteiger charge is 2.68. The molecule has 154 valence electrons. The van der Waals surface area contributed by atoms with Crippen LogP contribution in [-0.2, 0) is 14.4 Å². The number of rotatable bonds is 2. The van der Waals surface area contributed by atoms with Crippen molar-refractivity contribution in [3.05, 3.63) is 11.6 Å². The Bertz CT molecular complexity index is 789. The fourth-order valence-electron chi connectivity index (χ4n) is 7.42. The van der Waals surface area contributed by atoms with Gasteiger partial charge in [-0.3, -0.25) is 14.4 Å². The van der Waals surface area contributed by atoms with Crippen LogP contribution in [-0.4, -0.2) is 30.0 Å². The topological polar surface area (TPSA) is 71.4 Å². The maximum absolute atomic E-state index is 13.1. The smallest absolute Gasteiger partial charge is 0.187 e. The van der Waals surface area contributed by atoms with Crippen LogP contribution in [0.25, 0.3) is 0 Å². The van der Waals surface area contributed by atoms with E-state index in [9.17, 15) is 19.5 Å². The average molecular weight is 610 g/mol. The van der Waals surface area contributed by atoms with Gasteiger partial charge >= 0.3 is 0 Å². The molecule has 4 aliphatic carbocycles. The molecule has 0 aromatic carbocycles. The monoisotopic (exact) mass is 610 g/mol. The lowest BCUT2D eigenvalue weighted by Gasteiger charge is -2.59. The van der Waals surface area contributed by atoms with E-state index in [0.29, 0.717) is 12.3 Å². The molecule has 1 N–H and O–H groups in total. The number of fused-ring (bicyclic) bond motifs is 5. The first-order valence-electron chi connectivity index (χ1n) is 10.3. The molecule has 0 aliphatic heterocycles. The number of carbonyl (C=O) groups is 3. The van der Waals surface area contributed by atoms with E-state index in [1.54, 1.807) is 6.08 Å². The van der Waals surface area contributed by atoms with Gasteiger partial charge in [-0.2, -0.15) is 0 Å². The Morgan fingerprint density at radius 2 is 1.82 bits per heavy atom. The van der Waals surface area contributed by atoms with Crippen molar-refractivity contribution in [2.45, 2.75) is 66.8 Å². The second-order valence-electron chi connectivity index (χ2n) is 9.90. The molecule has 3 saturated carbocycles. The maximum atomic E-state index is 13.1. The molecule has 28 heavy (non-hydrogen) atoms. The SMILES string of the molecule is CC1C[C@@H]2[C@H](CC[C@@]3(C)[C@H]2CC[C@]3(O)C(=O)C(I)I)[C@@]2(C)C(=O)CC(=O)C=C12. The highest BCUT2D eigenvalue weighted by molar-refractivity contribution is 14.2. The number of hydrogen-bond acceptors (Lipinski definition) is 4. The van der Waals surface area contributed by atoms with E-state index in [2.05, 4.69) is 66.0 Å². The van der Waals surface area contributed by atoms with Gasteiger partial charge in [0.15, 0.2) is 17.3 Å². The molecule has 4 nitrogen and oxygen atoms in total. The Morgan fingerprint density at radius 3 is 2.46 bits per heavy atom. The van der Waals surface area contributed by atoms with Crippen molar-refractivity contribution >= 4 is 62.5 Å². The predicted octanol–water partition coefficient (Wildman–Crippen LogP) is 4.44. The quantitative estimate of drug-likeness (QED) is 0.286. The van der Waals surface area contributed by atoms with Crippen LogP contribution in [0.4, 0.5) is 0 Å². The summed E-state index contributed by atoms with van der Waals surface area (Å²) in [6.45, 7) is 6.30. The largest absolute Gasteiger partial charge is 0.381 e. The predicted molar refractivity (Wildman–Crippen MR) is 123 cm³/mol. The number of allylic oxidation sites excluding steroid dienone is 1. The fraction of sp³-hybridized carbons (Fsp3) is 0.773. The standard InChI is InChI=1S/C22H28I2O4/c1-11-8-13-14-5-7-22(28,18(27)19(23)24)20(14,2)6-4-15(13)21(3)16(11)9-12(25)10-17(21)26/h9,11,13-15,19,28H,4-8,10H2,1-3H3/t11?,13-,14-,15-,20-,21+,22-/m0/s1. The Hall–Kier alpha value is 0.170. The minimum absolute atomic E-state index is 0.0195. The van der Waals surface area contributed by atoms with Crippen molar-refractivity contribution in [3.63, 3.8) is 0 Å². The number of ketones is 3. The van der Waals surface area contributed by atoms with Gasteiger partial charge in [0.25, 0.3) is 0 Å². The zero-order valence-corrected chi connectivity index (χ0v) is 20.9. The van der Waals surface area contributed by atoms with Crippen LogP contribution in [0.15, 0.2) is 11.6 Å². The molecule has 0 bridgehead atoms. The van der Waals surface area contributed by atoms with E-state index in [1.165, 1.54) is 0 Å². The van der Waals surface area contributed by atoms with Crippen molar-refractivity contribution in [1.29, 1.82) is 0 Å². The Kier molecular flexibility index (Phi) is 5.23. The number of aliphatic hydroxyl groups is 1. The minimum atomic E-state index is -1.26. The molecular formula is C22H28I2O4. The molecule has 0 aromatic rings. The van der Waals surface area contributed by atoms with Crippen molar-refractivity contribution in [1.82, 2.24) is 0 Å². The van der Waals surface area contributed by atoms with E-state index >= 15 is 0 Å². The van der Waals surface area contributed by atoms with E-state index in [0.717, 1.165) is 31.3 Å². The molecule has 0 aromatic heterocycles. The Labute approximate surface area is 193 Å². The molecule has 0 amide bonds. The van der Waals surface area contributed by atoms with Crippen molar-refractivity contribution in [2.75, 3.05) is 0 Å². The second kappa shape index (κ2) is 6.84. The first kappa shape index (κ1) is 21.4. The molecule has 1 unspecified atom stereocenters. The van der Waals surface area contributed by atoms with Gasteiger partial charge in [-0.15, -0.1) is 0 Å². The summed E-state index contributed by atoms with van der Waals surface area (Å²) in [6, 6.07) is 0. The molecule has 4 aliphatic rings. The summed E-state index contributed by atoms with van der Waals surface area (Å²) in [6.07, 6.45) is 5.68. The number of alkyl halides is 2. The first-order valence-corrected chi connectivity index (χ1v) is 12.8. The molecule has 7 atom stereocenters. The summed E-state index contributed by atoms with van der Waals surface area (Å²) in [5.74, 6) is 0.930. The molecule has 0 spiro atoms. The van der Waals surface area contributed by atoms with Crippen LogP contribution in [0.1, 0.15) is 59.3 Å². The van der Waals surface area contributed by atoms with Crippen molar-refractivity contribution in [3.8, 4) is 0 Å². The molecule has 3 fully saturated rings. The zero-order valence-electron chi connectivity index (χ0n) is 16.6. The van der Waals surface area contributed by atoms with Gasteiger partial charge < -0.3 is 5.11 Å². The van der Waals surface area contributed by atoms with E-state index in [-0.39, 0.29) is 43.5 Å². The average Bonchev–Trinajstić information content (AvgIpc) is 2.89. The minimum Gasteiger partial charge on any atom is -0.381 e. The number of hydrogen-bond donors (Lipinski definition) is 1. The first-order chi connectivity index (χ1) is 13.0. The summed E-state index contributed by atoms with van der Waals surface area (Å²) in [7, 11) is 0. The highest BCUT2D eigenvalue weighted by Crippen LogP contribution is 2.68. The lowest BCUT2D eigenvalue weighted by atomic mass is 9.44. The van der Waals surface area contributed by atoms with Crippen molar-refractivity contribution in [2.24, 2.45) is 34.5 Å². The van der Waals surface area contributed by atoms with Crippen LogP contribution in [0.2, 0.25) is 0 Å². The zero-order chi connectivity index (χ0) is 20.6. The molecule has 0 heterocycles. The summed E-state index contributed by atoms with van der Waals surface area (Å²) < 4.78 is -0.239. The van der Waals surface area contributed by atoms with Crippen LogP contribution in [0, 0.1) is 34.5 Å². The third kappa shape index (κ3) is 2.65. The number of carbonyl (C=O) groups excluding carboxylic acids is 3. The normalized spacial score (nSPS) is 48.0. The molecule has 6 heteroatoms. The van der Waals surface area contributed by atoms with Gasteiger partial charge in [0.1, 0.15) is 7.53 Å². The summed E-state index contributed by atoms with van der Waals surface area (Å²) >= 11 is 4.21. The van der Waals surface area contributed by atoms with Crippen molar-refractivity contribution < 1.29 is 19.5 Å². The highest BCUT2D eigenvalue weighted by atomic mass is 127. The van der Waals surface area contributed by atoms with Crippen LogP contribution >= 0.6 is 45.2 Å². The maximum Gasteiger partial charge on any atom is 0.187 e. The summed E-state index contributed by atoms with van der Waals surface area (Å²) in [4.78, 5) is 38.1. The van der Waals surface area contributed by atoms with Gasteiger partial charge in [0, 0.05) is 5.41 Å². The molecule has 0 radical (unpaired) electrons. The molecular weight excluding hydrogens is 582 g/mol. The van der Waals surface area contributed by atoms with Crippen LogP contribution in [0.3, 0.4) is 0 Å². The number of halogens is 2. The number of Topliss-reactive ketones (excluding diaryl/α,β-unsaturated/α-hetero) is 2. The summed E-state index contributed by atoms with van der Waals surface area (Å²) in [5.41, 5.74) is -1.22. The Morgan fingerprint density at radius 1 is 1.18 bits per heavy atom. The molecule has 4 rings (SSSR count). The molecule has 0 saturated heterocycles. The van der Waals surface area contributed by atoms with Gasteiger partial charge in [0.2, 0.25) is 0 Å². The fourth-order valence-corrected chi connectivity index (χ4v) is 8.45. The summed E-state index contributed by atoms with van der Waals surface area (Å²) in [5, 5.41) is 11.5. The van der Waals surface area contributed by atoms with Crippen LogP contribution < -0.4 is 0 Å². The lowest BCUT2D eigenvalue weighted by molar-refractivity contribution is -0.163. The van der Waals surface area contributed by atoms with E-state index in [1.807, 2.05) is 0 Å². The second-order valence-corrected chi connectivity index (χ2v) is 14.8. The van der Waals surface area contributed by atoms with Gasteiger partial charge in [-0.05, 0) is 68.8 Å². The third-order valence-electron chi connectivity index (χ3n) is 8.92. The Balaban J connectivity index is 1.75. The van der Waals surface area contributed by atoms with E-state index in [4.69, 9.17) is 0 Å². The lowest BCUT2D eigenvalue weighted by Crippen LogP contribution is -2.60. The third-order valence-corrected chi connectivity index (χ3v) is 10.1. The van der Waals surface area contributed by atoms with E-state index < -0.39 is 16.4 Å².